The summed E-state index contributed by atoms with van der Waals surface area (Å²) in [6.07, 6.45) is 0. The van der Waals surface area contributed by atoms with E-state index in [0.717, 1.165) is 5.39 Å². The summed E-state index contributed by atoms with van der Waals surface area (Å²) in [5.41, 5.74) is 6.81. The van der Waals surface area contributed by atoms with Gasteiger partial charge in [-0.25, -0.2) is 0 Å². The molecular weight excluding hydrogens is 234 g/mol. The largest absolute Gasteiger partial charge is 0.451 e. The second kappa shape index (κ2) is 4.79. The lowest BCUT2D eigenvalue weighted by Crippen LogP contribution is -2.34. The lowest BCUT2D eigenvalue weighted by molar-refractivity contribution is -0.119. The molecule has 0 saturated heterocycles. The number of benzene rings is 1. The predicted molar refractivity (Wildman–Crippen MR) is 67.0 cm³/mol. The summed E-state index contributed by atoms with van der Waals surface area (Å²) in [5, 5.41) is 5.60. The van der Waals surface area contributed by atoms with Gasteiger partial charge in [-0.15, -0.1) is 0 Å². The summed E-state index contributed by atoms with van der Waals surface area (Å²) in [6.45, 7) is -0.0888. The summed E-state index contributed by atoms with van der Waals surface area (Å²) < 4.78 is 5.35. The third kappa shape index (κ3) is 2.42. The zero-order chi connectivity index (χ0) is 13.1. The summed E-state index contributed by atoms with van der Waals surface area (Å²) in [6, 6.07) is 6.69. The minimum Gasteiger partial charge on any atom is -0.451 e. The number of furan rings is 1. The Morgan fingerprint density at radius 2 is 2.11 bits per heavy atom. The Hall–Kier alpha value is -2.50. The van der Waals surface area contributed by atoms with Gasteiger partial charge in [-0.05, 0) is 24.3 Å². The normalized spacial score (nSPS) is 10.3. The van der Waals surface area contributed by atoms with Crippen LogP contribution >= 0.6 is 0 Å². The molecule has 0 bridgehead atoms. The highest BCUT2D eigenvalue weighted by Crippen LogP contribution is 2.21. The fourth-order valence-corrected chi connectivity index (χ4v) is 1.51. The first kappa shape index (κ1) is 12.0. The van der Waals surface area contributed by atoms with Gasteiger partial charge in [-0.1, -0.05) is 0 Å². The van der Waals surface area contributed by atoms with E-state index in [1.54, 1.807) is 24.3 Å². The number of nitrogen functional groups attached to an aromatic ring is 1. The molecule has 0 aliphatic heterocycles. The van der Waals surface area contributed by atoms with Crippen molar-refractivity contribution in [2.24, 2.45) is 0 Å². The fourth-order valence-electron chi connectivity index (χ4n) is 1.51. The highest BCUT2D eigenvalue weighted by atomic mass is 16.3. The molecule has 1 aromatic carbocycles. The van der Waals surface area contributed by atoms with Gasteiger partial charge in [0.05, 0.1) is 6.54 Å². The lowest BCUT2D eigenvalue weighted by Gasteiger charge is -2.00. The van der Waals surface area contributed by atoms with Crippen LogP contribution in [0.2, 0.25) is 0 Å². The van der Waals surface area contributed by atoms with E-state index in [0.29, 0.717) is 11.3 Å². The Bertz CT molecular complexity index is 604. The van der Waals surface area contributed by atoms with Crippen molar-refractivity contribution in [2.45, 2.75) is 0 Å². The third-order valence-electron chi connectivity index (χ3n) is 2.45. The Morgan fingerprint density at radius 3 is 2.83 bits per heavy atom. The van der Waals surface area contributed by atoms with E-state index in [2.05, 4.69) is 10.6 Å². The van der Waals surface area contributed by atoms with Crippen molar-refractivity contribution >= 4 is 28.5 Å². The molecule has 0 radical (unpaired) electrons. The Labute approximate surface area is 103 Å². The number of likely N-dealkylation sites (N-methyl/N-ethyl adjacent to an activating group) is 1. The van der Waals surface area contributed by atoms with Crippen LogP contribution in [0.4, 0.5) is 5.69 Å². The van der Waals surface area contributed by atoms with Crippen LogP contribution in [0.1, 0.15) is 10.6 Å². The van der Waals surface area contributed by atoms with E-state index in [1.165, 1.54) is 7.05 Å². The maximum atomic E-state index is 11.7. The van der Waals surface area contributed by atoms with Crippen LogP contribution in [0.3, 0.4) is 0 Å². The molecule has 6 nitrogen and oxygen atoms in total. The topological polar surface area (TPSA) is 97.4 Å². The van der Waals surface area contributed by atoms with Crippen molar-refractivity contribution in [2.75, 3.05) is 19.3 Å². The van der Waals surface area contributed by atoms with Crippen LogP contribution < -0.4 is 16.4 Å². The standard InChI is InChI=1S/C12H13N3O3/c1-14-11(16)6-15-12(17)10-5-7-4-8(13)2-3-9(7)18-10/h2-5H,6,13H2,1H3,(H,14,16)(H,15,17). The number of nitrogens with two attached hydrogens (primary N) is 1. The summed E-state index contributed by atoms with van der Waals surface area (Å²) in [7, 11) is 1.50. The second-order valence-electron chi connectivity index (χ2n) is 3.76. The molecule has 0 aliphatic carbocycles. The van der Waals surface area contributed by atoms with E-state index in [9.17, 15) is 9.59 Å². The Balaban J connectivity index is 2.15. The van der Waals surface area contributed by atoms with Crippen molar-refractivity contribution in [3.63, 3.8) is 0 Å². The molecule has 6 heteroatoms. The zero-order valence-corrected chi connectivity index (χ0v) is 9.82. The van der Waals surface area contributed by atoms with Crippen LogP contribution in [0.5, 0.6) is 0 Å². The van der Waals surface area contributed by atoms with Crippen LogP contribution in [0, 0.1) is 0 Å². The minimum atomic E-state index is -0.437. The molecule has 4 N–H and O–H groups in total. The third-order valence-corrected chi connectivity index (χ3v) is 2.45. The van der Waals surface area contributed by atoms with Crippen molar-refractivity contribution in [1.29, 1.82) is 0 Å². The van der Waals surface area contributed by atoms with E-state index in [4.69, 9.17) is 10.2 Å². The number of rotatable bonds is 3. The molecule has 1 heterocycles. The minimum absolute atomic E-state index is 0.0888. The molecule has 1 aromatic heterocycles. The molecule has 2 amide bonds. The van der Waals surface area contributed by atoms with Crippen molar-refractivity contribution in [1.82, 2.24) is 10.6 Å². The van der Waals surface area contributed by atoms with Crippen LogP contribution in [-0.2, 0) is 4.79 Å². The predicted octanol–water partition coefficient (Wildman–Crippen LogP) is 0.491. The second-order valence-corrected chi connectivity index (χ2v) is 3.76. The van der Waals surface area contributed by atoms with Gasteiger partial charge in [0.1, 0.15) is 5.58 Å². The first-order valence-corrected chi connectivity index (χ1v) is 5.38. The van der Waals surface area contributed by atoms with Gasteiger partial charge in [0.25, 0.3) is 5.91 Å². The van der Waals surface area contributed by atoms with Gasteiger partial charge in [0.2, 0.25) is 5.91 Å². The number of carbonyl (C=O) groups excluding carboxylic acids is 2. The fraction of sp³-hybridized carbons (Fsp3) is 0.167. The van der Waals surface area contributed by atoms with Crippen molar-refractivity contribution in [3.05, 3.63) is 30.0 Å². The molecule has 18 heavy (non-hydrogen) atoms. The number of hydrogen-bond donors (Lipinski definition) is 3. The number of fused-ring (bicyclic) bond motifs is 1. The van der Waals surface area contributed by atoms with Crippen molar-refractivity contribution < 1.29 is 14.0 Å². The van der Waals surface area contributed by atoms with Crippen LogP contribution in [0.25, 0.3) is 11.0 Å². The average Bonchev–Trinajstić information content (AvgIpc) is 2.78. The number of anilines is 1. The summed E-state index contributed by atoms with van der Waals surface area (Å²) in [4.78, 5) is 22.7. The van der Waals surface area contributed by atoms with Gasteiger partial charge in [-0.3, -0.25) is 9.59 Å². The summed E-state index contributed by atoms with van der Waals surface area (Å²) in [5.74, 6) is -0.559. The number of carbonyl (C=O) groups is 2. The first-order chi connectivity index (χ1) is 8.60. The number of nitrogens with one attached hydrogen (secondary N) is 2. The van der Waals surface area contributed by atoms with Gasteiger partial charge in [0, 0.05) is 18.1 Å². The average molecular weight is 247 g/mol. The van der Waals surface area contributed by atoms with E-state index >= 15 is 0 Å². The van der Waals surface area contributed by atoms with Crippen LogP contribution in [0.15, 0.2) is 28.7 Å². The molecule has 2 aromatic rings. The maximum absolute atomic E-state index is 11.7. The number of amides is 2. The molecule has 0 atom stereocenters. The quantitative estimate of drug-likeness (QED) is 0.687. The lowest BCUT2D eigenvalue weighted by atomic mass is 10.2. The Kier molecular flexibility index (Phi) is 3.18. The Morgan fingerprint density at radius 1 is 1.33 bits per heavy atom. The molecule has 0 aliphatic rings. The zero-order valence-electron chi connectivity index (χ0n) is 9.82. The highest BCUT2D eigenvalue weighted by Gasteiger charge is 2.12. The van der Waals surface area contributed by atoms with Gasteiger partial charge in [0.15, 0.2) is 5.76 Å². The van der Waals surface area contributed by atoms with Gasteiger partial charge < -0.3 is 20.8 Å². The first-order valence-electron chi connectivity index (χ1n) is 5.38. The van der Waals surface area contributed by atoms with E-state index < -0.39 is 5.91 Å². The van der Waals surface area contributed by atoms with Crippen LogP contribution in [-0.4, -0.2) is 25.4 Å². The molecule has 0 unspecified atom stereocenters. The molecular formula is C12H13N3O3. The highest BCUT2D eigenvalue weighted by molar-refractivity contribution is 5.98. The smallest absolute Gasteiger partial charge is 0.287 e. The van der Waals surface area contributed by atoms with E-state index in [1.807, 2.05) is 0 Å². The van der Waals surface area contributed by atoms with Crippen molar-refractivity contribution in [3.8, 4) is 0 Å². The number of hydrogen-bond acceptors (Lipinski definition) is 4. The van der Waals surface area contributed by atoms with Gasteiger partial charge in [-0.2, -0.15) is 0 Å². The van der Waals surface area contributed by atoms with Gasteiger partial charge >= 0.3 is 0 Å². The molecule has 0 fully saturated rings. The molecule has 0 spiro atoms. The van der Waals surface area contributed by atoms with E-state index in [-0.39, 0.29) is 18.2 Å². The monoisotopic (exact) mass is 247 g/mol. The molecule has 0 saturated carbocycles. The summed E-state index contributed by atoms with van der Waals surface area (Å²) >= 11 is 0. The maximum Gasteiger partial charge on any atom is 0.287 e. The SMILES string of the molecule is CNC(=O)CNC(=O)c1cc2cc(N)ccc2o1. The molecule has 94 valence electrons. The molecule has 2 rings (SSSR count).